The summed E-state index contributed by atoms with van der Waals surface area (Å²) >= 11 is 0. The Hall–Kier alpha value is -2.51. The van der Waals surface area contributed by atoms with E-state index in [9.17, 15) is 10.2 Å². The van der Waals surface area contributed by atoms with Gasteiger partial charge in [0.2, 0.25) is 0 Å². The number of aromatic nitrogens is 4. The van der Waals surface area contributed by atoms with Crippen LogP contribution in [-0.2, 0) is 0 Å². The van der Waals surface area contributed by atoms with Gasteiger partial charge in [-0.3, -0.25) is 4.98 Å². The second kappa shape index (κ2) is 5.29. The molecule has 1 aliphatic rings. The quantitative estimate of drug-likeness (QED) is 0.647. The Morgan fingerprint density at radius 1 is 1.09 bits per heavy atom. The Kier molecular flexibility index (Phi) is 3.24. The Balaban J connectivity index is 1.73. The summed E-state index contributed by atoms with van der Waals surface area (Å²) in [6.45, 7) is 0. The van der Waals surface area contributed by atoms with Crippen molar-refractivity contribution >= 4 is 16.9 Å². The van der Waals surface area contributed by atoms with Crippen LogP contribution in [0.2, 0.25) is 0 Å². The standard InChI is InChI=1S/C16H17N5O2/c17-15-10-3-6-21(16(10)20-8-19-15)12-7-11(13(22)14(12)23)9-1-4-18-5-2-9/h1-6,8,11-14,22-23H,7H2,(H2,17,19,20)/t11-,12-,13-,14+/m1/s1. The van der Waals surface area contributed by atoms with E-state index in [0.717, 1.165) is 10.9 Å². The van der Waals surface area contributed by atoms with Gasteiger partial charge in [0.05, 0.1) is 17.5 Å². The molecule has 0 radical (unpaired) electrons. The maximum atomic E-state index is 10.5. The number of nitrogens with two attached hydrogens (primary N) is 1. The molecule has 1 aliphatic carbocycles. The molecule has 118 valence electrons. The van der Waals surface area contributed by atoms with Crippen LogP contribution in [0.1, 0.15) is 23.9 Å². The molecule has 3 aromatic heterocycles. The van der Waals surface area contributed by atoms with Crippen molar-refractivity contribution in [3.63, 3.8) is 0 Å². The van der Waals surface area contributed by atoms with Crippen molar-refractivity contribution in [2.75, 3.05) is 5.73 Å². The van der Waals surface area contributed by atoms with Gasteiger partial charge in [-0.25, -0.2) is 9.97 Å². The van der Waals surface area contributed by atoms with Crippen molar-refractivity contribution in [3.05, 3.63) is 48.7 Å². The number of anilines is 1. The fourth-order valence-corrected chi connectivity index (χ4v) is 3.48. The number of hydrogen-bond donors (Lipinski definition) is 3. The predicted octanol–water partition coefficient (Wildman–Crippen LogP) is 0.859. The topological polar surface area (TPSA) is 110 Å². The molecular weight excluding hydrogens is 294 g/mol. The number of aliphatic hydroxyl groups is 2. The Morgan fingerprint density at radius 3 is 2.65 bits per heavy atom. The molecule has 0 aromatic carbocycles. The third-order valence-corrected chi connectivity index (χ3v) is 4.68. The Bertz CT molecular complexity index is 835. The number of fused-ring (bicyclic) bond motifs is 1. The Labute approximate surface area is 132 Å². The van der Waals surface area contributed by atoms with Crippen LogP contribution in [0.15, 0.2) is 43.1 Å². The zero-order valence-electron chi connectivity index (χ0n) is 12.3. The summed E-state index contributed by atoms with van der Waals surface area (Å²) in [6.07, 6.45) is 5.54. The van der Waals surface area contributed by atoms with Gasteiger partial charge in [0.25, 0.3) is 0 Å². The molecule has 0 aliphatic heterocycles. The number of rotatable bonds is 2. The maximum Gasteiger partial charge on any atom is 0.145 e. The third-order valence-electron chi connectivity index (χ3n) is 4.68. The molecule has 0 spiro atoms. The van der Waals surface area contributed by atoms with E-state index in [1.807, 2.05) is 29.0 Å². The average molecular weight is 311 g/mol. The second-order valence-electron chi connectivity index (χ2n) is 5.89. The van der Waals surface area contributed by atoms with E-state index < -0.39 is 12.2 Å². The highest BCUT2D eigenvalue weighted by Crippen LogP contribution is 2.42. The predicted molar refractivity (Wildman–Crippen MR) is 84.6 cm³/mol. The highest BCUT2D eigenvalue weighted by atomic mass is 16.3. The molecule has 7 nitrogen and oxygen atoms in total. The molecule has 3 aromatic rings. The van der Waals surface area contributed by atoms with Crippen molar-refractivity contribution in [1.82, 2.24) is 19.5 Å². The lowest BCUT2D eigenvalue weighted by Crippen LogP contribution is -2.28. The van der Waals surface area contributed by atoms with Crippen LogP contribution < -0.4 is 5.73 Å². The van der Waals surface area contributed by atoms with Crippen molar-refractivity contribution in [3.8, 4) is 0 Å². The monoisotopic (exact) mass is 311 g/mol. The lowest BCUT2D eigenvalue weighted by atomic mass is 9.96. The van der Waals surface area contributed by atoms with Gasteiger partial charge in [-0.2, -0.15) is 0 Å². The summed E-state index contributed by atoms with van der Waals surface area (Å²) in [4.78, 5) is 12.3. The van der Waals surface area contributed by atoms with Gasteiger partial charge in [-0.05, 0) is 30.2 Å². The van der Waals surface area contributed by atoms with Crippen LogP contribution in [0.3, 0.4) is 0 Å². The van der Waals surface area contributed by atoms with E-state index in [0.29, 0.717) is 17.9 Å². The average Bonchev–Trinajstić information content (AvgIpc) is 3.12. The fourth-order valence-electron chi connectivity index (χ4n) is 3.48. The largest absolute Gasteiger partial charge is 0.390 e. The first-order chi connectivity index (χ1) is 11.2. The fraction of sp³-hybridized carbons (Fsp3) is 0.312. The van der Waals surface area contributed by atoms with E-state index in [4.69, 9.17) is 5.73 Å². The number of nitrogen functional groups attached to an aromatic ring is 1. The van der Waals surface area contributed by atoms with Crippen molar-refractivity contribution < 1.29 is 10.2 Å². The van der Waals surface area contributed by atoms with Gasteiger partial charge in [0, 0.05) is 24.5 Å². The van der Waals surface area contributed by atoms with Crippen molar-refractivity contribution in [2.24, 2.45) is 0 Å². The van der Waals surface area contributed by atoms with Crippen LogP contribution in [-0.4, -0.2) is 41.9 Å². The summed E-state index contributed by atoms with van der Waals surface area (Å²) in [5.41, 5.74) is 7.51. The highest BCUT2D eigenvalue weighted by Gasteiger charge is 2.43. The van der Waals surface area contributed by atoms with Gasteiger partial charge in [0.15, 0.2) is 0 Å². The molecule has 1 fully saturated rings. The number of hydrogen-bond acceptors (Lipinski definition) is 6. The SMILES string of the molecule is Nc1ncnc2c1ccn2[C@@H]1C[C@H](c2ccncc2)[C@@H](O)[C@H]1O. The molecule has 0 amide bonds. The summed E-state index contributed by atoms with van der Waals surface area (Å²) in [6, 6.07) is 5.31. The maximum absolute atomic E-state index is 10.5. The van der Waals surface area contributed by atoms with Crippen LogP contribution in [0.5, 0.6) is 0 Å². The molecule has 4 N–H and O–H groups in total. The van der Waals surface area contributed by atoms with E-state index in [1.165, 1.54) is 6.33 Å². The normalized spacial score (nSPS) is 27.6. The first-order valence-corrected chi connectivity index (χ1v) is 7.50. The van der Waals surface area contributed by atoms with Gasteiger partial charge in [-0.15, -0.1) is 0 Å². The number of nitrogens with zero attached hydrogens (tertiary/aromatic N) is 4. The first kappa shape index (κ1) is 14.1. The molecule has 3 heterocycles. The van der Waals surface area contributed by atoms with Gasteiger partial charge >= 0.3 is 0 Å². The summed E-state index contributed by atoms with van der Waals surface area (Å²) < 4.78 is 1.88. The van der Waals surface area contributed by atoms with Gasteiger partial charge < -0.3 is 20.5 Å². The smallest absolute Gasteiger partial charge is 0.145 e. The van der Waals surface area contributed by atoms with Crippen LogP contribution in [0.4, 0.5) is 5.82 Å². The van der Waals surface area contributed by atoms with E-state index in [-0.39, 0.29) is 12.0 Å². The van der Waals surface area contributed by atoms with Gasteiger partial charge in [-0.1, -0.05) is 0 Å². The number of aliphatic hydroxyl groups excluding tert-OH is 2. The van der Waals surface area contributed by atoms with Gasteiger partial charge in [0.1, 0.15) is 23.9 Å². The summed E-state index contributed by atoms with van der Waals surface area (Å²) in [5.74, 6) is 0.266. The summed E-state index contributed by atoms with van der Waals surface area (Å²) in [7, 11) is 0. The lowest BCUT2D eigenvalue weighted by molar-refractivity contribution is 0.0179. The van der Waals surface area contributed by atoms with Crippen LogP contribution in [0.25, 0.3) is 11.0 Å². The summed E-state index contributed by atoms with van der Waals surface area (Å²) in [5, 5.41) is 21.7. The molecule has 0 bridgehead atoms. The van der Waals surface area contributed by atoms with E-state index >= 15 is 0 Å². The molecule has 7 heteroatoms. The van der Waals surface area contributed by atoms with E-state index in [2.05, 4.69) is 15.0 Å². The molecule has 4 rings (SSSR count). The first-order valence-electron chi connectivity index (χ1n) is 7.50. The molecule has 0 unspecified atom stereocenters. The zero-order valence-corrected chi connectivity index (χ0v) is 12.3. The zero-order chi connectivity index (χ0) is 16.0. The third kappa shape index (κ3) is 2.16. The minimum atomic E-state index is -0.875. The lowest BCUT2D eigenvalue weighted by Gasteiger charge is -2.19. The highest BCUT2D eigenvalue weighted by molar-refractivity contribution is 5.86. The van der Waals surface area contributed by atoms with Crippen molar-refractivity contribution in [1.29, 1.82) is 0 Å². The minimum Gasteiger partial charge on any atom is -0.390 e. The second-order valence-corrected chi connectivity index (χ2v) is 5.89. The Morgan fingerprint density at radius 2 is 1.87 bits per heavy atom. The van der Waals surface area contributed by atoms with E-state index in [1.54, 1.807) is 12.4 Å². The minimum absolute atomic E-state index is 0.144. The molecule has 1 saturated carbocycles. The molecule has 4 atom stereocenters. The molecular formula is C16H17N5O2. The molecule has 23 heavy (non-hydrogen) atoms. The van der Waals surface area contributed by atoms with Crippen molar-refractivity contribution in [2.45, 2.75) is 30.6 Å². The number of pyridine rings is 1. The van der Waals surface area contributed by atoms with Crippen LogP contribution >= 0.6 is 0 Å². The molecule has 0 saturated heterocycles. The van der Waals surface area contributed by atoms with Crippen LogP contribution in [0, 0.1) is 0 Å².